The van der Waals surface area contributed by atoms with Crippen molar-refractivity contribution in [3.8, 4) is 0 Å². The highest BCUT2D eigenvalue weighted by Crippen LogP contribution is 2.44. The molecule has 0 aromatic heterocycles. The van der Waals surface area contributed by atoms with E-state index in [1.54, 1.807) is 0 Å². The number of hydrogen-bond donors (Lipinski definition) is 0. The average Bonchev–Trinajstić information content (AvgIpc) is 2.76. The van der Waals surface area contributed by atoms with Crippen LogP contribution in [0.1, 0.15) is 0 Å². The predicted molar refractivity (Wildman–Crippen MR) is 130 cm³/mol. The maximum Gasteiger partial charge on any atom is 0.278 e. The SMILES string of the molecule is C[Si]1(C)O[Si](C)(C)N(c2c(F)c(F)c(F)c(F)c2F)[Si](C)(C)O[Si](C)(C)N1c1c(F)c(F)c(F)c(F)c1F. The molecule has 4 nitrogen and oxygen atoms in total. The van der Waals surface area contributed by atoms with Gasteiger partial charge in [0.2, 0.25) is 11.6 Å². The lowest BCUT2D eigenvalue weighted by atomic mass is 10.2. The van der Waals surface area contributed by atoms with Gasteiger partial charge in [0, 0.05) is 0 Å². The molecule has 1 fully saturated rings. The molecule has 0 atom stereocenters. The number of anilines is 2. The van der Waals surface area contributed by atoms with Crippen molar-refractivity contribution in [2.24, 2.45) is 0 Å². The molecule has 3 rings (SSSR count). The fourth-order valence-corrected chi connectivity index (χ4v) is 31.6. The van der Waals surface area contributed by atoms with E-state index in [9.17, 15) is 26.3 Å². The Labute approximate surface area is 216 Å². The van der Waals surface area contributed by atoms with Crippen LogP contribution in [0, 0.1) is 58.2 Å². The number of hydrogen-bond acceptors (Lipinski definition) is 4. The van der Waals surface area contributed by atoms with Gasteiger partial charge in [-0.3, -0.25) is 0 Å². The first kappa shape index (κ1) is 30.7. The van der Waals surface area contributed by atoms with Crippen LogP contribution in [-0.2, 0) is 8.23 Å². The molecular weight excluding hydrogens is 603 g/mol. The zero-order valence-electron chi connectivity index (χ0n) is 21.5. The van der Waals surface area contributed by atoms with Crippen molar-refractivity contribution >= 4 is 45.3 Å². The fraction of sp³-hybridized carbons (Fsp3) is 0.400. The van der Waals surface area contributed by atoms with Gasteiger partial charge in [-0.2, -0.15) is 0 Å². The third-order valence-corrected chi connectivity index (χ3v) is 25.6. The Hall–Kier alpha value is -1.87. The Morgan fingerprint density at radius 2 is 0.500 bits per heavy atom. The maximum absolute atomic E-state index is 15.0. The maximum atomic E-state index is 15.0. The highest BCUT2D eigenvalue weighted by atomic mass is 28.5. The molecule has 212 valence electrons. The van der Waals surface area contributed by atoms with Gasteiger partial charge < -0.3 is 16.7 Å². The Morgan fingerprint density at radius 1 is 0.342 bits per heavy atom. The Bertz CT molecular complexity index is 1140. The van der Waals surface area contributed by atoms with E-state index < -0.39 is 103 Å². The smallest absolute Gasteiger partial charge is 0.278 e. The van der Waals surface area contributed by atoms with Gasteiger partial charge in [-0.25, -0.2) is 43.9 Å². The molecule has 2 aromatic carbocycles. The summed E-state index contributed by atoms with van der Waals surface area (Å²) in [5.74, 6) is -22.0. The van der Waals surface area contributed by atoms with Crippen LogP contribution in [0.25, 0.3) is 0 Å². The lowest BCUT2D eigenvalue weighted by molar-refractivity contribution is 0.377. The minimum atomic E-state index is -3.88. The quantitative estimate of drug-likeness (QED) is 0.152. The summed E-state index contributed by atoms with van der Waals surface area (Å²) in [6, 6.07) is 0. The summed E-state index contributed by atoms with van der Waals surface area (Å²) in [7, 11) is -15.5. The summed E-state index contributed by atoms with van der Waals surface area (Å²) in [6.07, 6.45) is 0. The van der Waals surface area contributed by atoms with Crippen LogP contribution in [0.15, 0.2) is 0 Å². The van der Waals surface area contributed by atoms with Crippen LogP contribution in [0.2, 0.25) is 52.4 Å². The second kappa shape index (κ2) is 9.36. The van der Waals surface area contributed by atoms with Crippen LogP contribution in [0.4, 0.5) is 55.3 Å². The Morgan fingerprint density at radius 3 is 0.684 bits per heavy atom. The molecule has 0 amide bonds. The zero-order chi connectivity index (χ0) is 29.5. The Kier molecular flexibility index (Phi) is 7.55. The summed E-state index contributed by atoms with van der Waals surface area (Å²) in [4.78, 5) is 0. The van der Waals surface area contributed by atoms with Crippen molar-refractivity contribution in [2.45, 2.75) is 52.4 Å². The van der Waals surface area contributed by atoms with Crippen molar-refractivity contribution in [1.82, 2.24) is 0 Å². The number of nitrogens with zero attached hydrogens (tertiary/aromatic N) is 2. The van der Waals surface area contributed by atoms with E-state index in [0.29, 0.717) is 0 Å². The van der Waals surface area contributed by atoms with Crippen LogP contribution in [0.3, 0.4) is 0 Å². The lowest BCUT2D eigenvalue weighted by Gasteiger charge is -2.59. The van der Waals surface area contributed by atoms with Gasteiger partial charge in [0.1, 0.15) is 11.4 Å². The zero-order valence-corrected chi connectivity index (χ0v) is 25.5. The van der Waals surface area contributed by atoms with E-state index in [2.05, 4.69) is 0 Å². The van der Waals surface area contributed by atoms with Gasteiger partial charge in [0.05, 0.1) is 0 Å². The minimum absolute atomic E-state index is 0.940. The molecule has 0 spiro atoms. The van der Waals surface area contributed by atoms with Gasteiger partial charge in [-0.05, 0) is 52.4 Å². The molecule has 0 saturated carbocycles. The summed E-state index contributed by atoms with van der Waals surface area (Å²) < 4.78 is 159. The first-order chi connectivity index (χ1) is 17.0. The molecule has 0 unspecified atom stereocenters. The summed E-state index contributed by atoms with van der Waals surface area (Å²) >= 11 is 0. The molecular formula is C20H24F10N2O2Si4. The molecule has 38 heavy (non-hydrogen) atoms. The van der Waals surface area contributed by atoms with Crippen LogP contribution < -0.4 is 8.46 Å². The molecule has 2 aromatic rings. The normalized spacial score (nSPS) is 20.4. The van der Waals surface area contributed by atoms with Gasteiger partial charge in [-0.1, -0.05) is 0 Å². The third kappa shape index (κ3) is 4.61. The van der Waals surface area contributed by atoms with Crippen LogP contribution >= 0.6 is 0 Å². The molecule has 1 aliphatic heterocycles. The highest BCUT2D eigenvalue weighted by molar-refractivity contribution is 7.07. The molecule has 0 bridgehead atoms. The second-order valence-corrected chi connectivity index (χ2v) is 26.4. The summed E-state index contributed by atoms with van der Waals surface area (Å²) in [5, 5.41) is 0. The Balaban J connectivity index is 2.37. The van der Waals surface area contributed by atoms with E-state index in [-0.39, 0.29) is 0 Å². The molecule has 18 heteroatoms. The van der Waals surface area contributed by atoms with Gasteiger partial charge >= 0.3 is 0 Å². The standard InChI is InChI=1S/C20H24F10N2O2Si4/c1-35(2)31(19-15(27)11(23)9(21)12(24)16(19)28)36(3,4)34-38(7,8)32(37(5,6)33-35)20-17(29)13(25)10(22)14(26)18(20)30/h1-8H3. The fourth-order valence-electron chi connectivity index (χ4n) is 5.36. The van der Waals surface area contributed by atoms with E-state index in [1.807, 2.05) is 0 Å². The molecule has 1 saturated heterocycles. The number of rotatable bonds is 2. The first-order valence-electron chi connectivity index (χ1n) is 11.0. The van der Waals surface area contributed by atoms with Crippen LogP contribution in [-0.4, -0.2) is 33.9 Å². The van der Waals surface area contributed by atoms with Crippen molar-refractivity contribution in [3.05, 3.63) is 58.2 Å². The topological polar surface area (TPSA) is 24.9 Å². The third-order valence-electron chi connectivity index (χ3n) is 5.97. The van der Waals surface area contributed by atoms with E-state index in [1.165, 1.54) is 52.4 Å². The van der Waals surface area contributed by atoms with Crippen LogP contribution in [0.5, 0.6) is 0 Å². The largest absolute Gasteiger partial charge is 0.425 e. The van der Waals surface area contributed by atoms with E-state index >= 15 is 17.6 Å². The number of benzene rings is 2. The lowest BCUT2D eigenvalue weighted by Crippen LogP contribution is -2.79. The van der Waals surface area contributed by atoms with Crippen molar-refractivity contribution in [3.63, 3.8) is 0 Å². The molecule has 0 N–H and O–H groups in total. The van der Waals surface area contributed by atoms with Gasteiger partial charge in [0.25, 0.3) is 33.9 Å². The monoisotopic (exact) mass is 626 g/mol. The highest BCUT2D eigenvalue weighted by Gasteiger charge is 2.59. The second-order valence-electron chi connectivity index (χ2n) is 10.5. The van der Waals surface area contributed by atoms with E-state index in [4.69, 9.17) is 8.23 Å². The minimum Gasteiger partial charge on any atom is -0.425 e. The van der Waals surface area contributed by atoms with Crippen molar-refractivity contribution in [2.75, 3.05) is 8.46 Å². The number of halogens is 10. The first-order valence-corrected chi connectivity index (χ1v) is 22.5. The molecule has 1 aliphatic rings. The summed E-state index contributed by atoms with van der Waals surface area (Å²) in [5.41, 5.74) is -2.54. The molecule has 0 radical (unpaired) electrons. The molecule has 1 heterocycles. The van der Waals surface area contributed by atoms with Gasteiger partial charge in [0.15, 0.2) is 46.5 Å². The summed E-state index contributed by atoms with van der Waals surface area (Å²) in [6.45, 7) is 10.7. The van der Waals surface area contributed by atoms with Crippen molar-refractivity contribution < 1.29 is 52.1 Å². The van der Waals surface area contributed by atoms with Gasteiger partial charge in [-0.15, -0.1) is 0 Å². The van der Waals surface area contributed by atoms with E-state index in [0.717, 1.165) is 8.46 Å². The van der Waals surface area contributed by atoms with Crippen molar-refractivity contribution in [1.29, 1.82) is 0 Å². The predicted octanol–water partition coefficient (Wildman–Crippen LogP) is 7.24. The average molecular weight is 627 g/mol. The molecule has 0 aliphatic carbocycles.